The van der Waals surface area contributed by atoms with Crippen molar-refractivity contribution in [3.63, 3.8) is 0 Å². The normalized spacial score (nSPS) is 13.8. The first-order valence-corrected chi connectivity index (χ1v) is 4.19. The quantitative estimate of drug-likeness (QED) is 0.661. The van der Waals surface area contributed by atoms with Crippen molar-refractivity contribution in [3.05, 3.63) is 0 Å². The third kappa shape index (κ3) is 9.22. The second-order valence-electron chi connectivity index (χ2n) is 2.99. The molecular formula is C9H14F3N. The summed E-state index contributed by atoms with van der Waals surface area (Å²) in [6, 6.07) is 0.0541. The van der Waals surface area contributed by atoms with Gasteiger partial charge >= 0.3 is 6.18 Å². The van der Waals surface area contributed by atoms with Crippen LogP contribution in [0, 0.1) is 12.3 Å². The number of halogens is 3. The van der Waals surface area contributed by atoms with Gasteiger partial charge in [-0.3, -0.25) is 0 Å². The third-order valence-electron chi connectivity index (χ3n) is 1.65. The van der Waals surface area contributed by atoms with E-state index in [1.165, 1.54) is 0 Å². The summed E-state index contributed by atoms with van der Waals surface area (Å²) in [6.07, 6.45) is 0.889. The van der Waals surface area contributed by atoms with Gasteiger partial charge < -0.3 is 5.32 Å². The summed E-state index contributed by atoms with van der Waals surface area (Å²) in [5.74, 6) is 2.37. The molecule has 0 aliphatic rings. The van der Waals surface area contributed by atoms with Gasteiger partial charge in [0.2, 0.25) is 0 Å². The maximum Gasteiger partial charge on any atom is 0.389 e. The van der Waals surface area contributed by atoms with E-state index in [9.17, 15) is 13.2 Å². The van der Waals surface area contributed by atoms with Crippen LogP contribution in [0.2, 0.25) is 0 Å². The summed E-state index contributed by atoms with van der Waals surface area (Å²) in [5, 5.41) is 2.92. The zero-order chi connectivity index (χ0) is 10.3. The second kappa shape index (κ2) is 5.87. The number of hydrogen-bond acceptors (Lipinski definition) is 1. The zero-order valence-corrected chi connectivity index (χ0v) is 7.62. The van der Waals surface area contributed by atoms with Gasteiger partial charge in [-0.2, -0.15) is 13.2 Å². The highest BCUT2D eigenvalue weighted by atomic mass is 19.4. The molecule has 0 aromatic heterocycles. The number of terminal acetylenes is 1. The van der Waals surface area contributed by atoms with Crippen LogP contribution in [0.1, 0.15) is 26.2 Å². The van der Waals surface area contributed by atoms with Gasteiger partial charge in [0, 0.05) is 12.5 Å². The molecule has 76 valence electrons. The van der Waals surface area contributed by atoms with Gasteiger partial charge in [-0.1, -0.05) is 5.92 Å². The van der Waals surface area contributed by atoms with E-state index in [0.29, 0.717) is 13.0 Å². The Hall–Kier alpha value is -0.690. The van der Waals surface area contributed by atoms with Gasteiger partial charge in [0.1, 0.15) is 0 Å². The lowest BCUT2D eigenvalue weighted by Crippen LogP contribution is -2.26. The Morgan fingerprint density at radius 1 is 1.46 bits per heavy atom. The molecule has 0 saturated heterocycles. The molecule has 0 aliphatic heterocycles. The van der Waals surface area contributed by atoms with Crippen molar-refractivity contribution in [2.75, 3.05) is 6.54 Å². The van der Waals surface area contributed by atoms with E-state index in [4.69, 9.17) is 6.42 Å². The van der Waals surface area contributed by atoms with Gasteiger partial charge in [-0.25, -0.2) is 0 Å². The highest BCUT2D eigenvalue weighted by Gasteiger charge is 2.26. The minimum Gasteiger partial charge on any atom is -0.304 e. The fourth-order valence-electron chi connectivity index (χ4n) is 0.944. The fourth-order valence-corrected chi connectivity index (χ4v) is 0.944. The summed E-state index contributed by atoms with van der Waals surface area (Å²) in [4.78, 5) is 0. The maximum atomic E-state index is 11.7. The molecule has 0 bridgehead atoms. The van der Waals surface area contributed by atoms with E-state index in [2.05, 4.69) is 11.2 Å². The third-order valence-corrected chi connectivity index (χ3v) is 1.65. The molecule has 0 aromatic rings. The van der Waals surface area contributed by atoms with Crippen LogP contribution in [-0.2, 0) is 0 Å². The van der Waals surface area contributed by atoms with Gasteiger partial charge in [0.25, 0.3) is 0 Å². The maximum absolute atomic E-state index is 11.7. The fraction of sp³-hybridized carbons (Fsp3) is 0.778. The lowest BCUT2D eigenvalue weighted by atomic mass is 10.1. The summed E-state index contributed by atoms with van der Waals surface area (Å²) in [5.41, 5.74) is 0. The Balaban J connectivity index is 3.38. The summed E-state index contributed by atoms with van der Waals surface area (Å²) < 4.78 is 35.1. The van der Waals surface area contributed by atoms with Gasteiger partial charge in [-0.15, -0.1) is 6.42 Å². The lowest BCUT2D eigenvalue weighted by Gasteiger charge is -2.12. The van der Waals surface area contributed by atoms with Crippen molar-refractivity contribution in [3.8, 4) is 12.3 Å². The van der Waals surface area contributed by atoms with E-state index in [0.717, 1.165) is 0 Å². The minimum absolute atomic E-state index is 0.0541. The van der Waals surface area contributed by atoms with Gasteiger partial charge in [0.05, 0.1) is 6.54 Å². The van der Waals surface area contributed by atoms with Crippen LogP contribution in [0.5, 0.6) is 0 Å². The van der Waals surface area contributed by atoms with Crippen LogP contribution in [0.25, 0.3) is 0 Å². The van der Waals surface area contributed by atoms with Crippen LogP contribution >= 0.6 is 0 Å². The molecule has 13 heavy (non-hydrogen) atoms. The van der Waals surface area contributed by atoms with Crippen LogP contribution in [0.3, 0.4) is 0 Å². The first kappa shape index (κ1) is 12.3. The Labute approximate surface area is 76.7 Å². The predicted octanol–water partition coefficient (Wildman–Crippen LogP) is 2.33. The molecule has 0 fully saturated rings. The van der Waals surface area contributed by atoms with Gasteiger partial charge in [0.15, 0.2) is 0 Å². The van der Waals surface area contributed by atoms with Crippen LogP contribution in [-0.4, -0.2) is 18.8 Å². The first-order valence-electron chi connectivity index (χ1n) is 4.19. The SMILES string of the molecule is C#CCNC(C)CCCC(F)(F)F. The Morgan fingerprint density at radius 2 is 2.08 bits per heavy atom. The average molecular weight is 193 g/mol. The second-order valence-corrected chi connectivity index (χ2v) is 2.99. The van der Waals surface area contributed by atoms with Gasteiger partial charge in [-0.05, 0) is 19.8 Å². The molecule has 0 amide bonds. The summed E-state index contributed by atoms with van der Waals surface area (Å²) in [6.45, 7) is 2.24. The molecule has 0 saturated carbocycles. The highest BCUT2D eigenvalue weighted by molar-refractivity contribution is 4.87. The van der Waals surface area contributed by atoms with Crippen LogP contribution in [0.15, 0.2) is 0 Å². The molecule has 1 atom stereocenters. The standard InChI is InChI=1S/C9H14F3N/c1-3-7-13-8(2)5-4-6-9(10,11)12/h1,8,13H,4-7H2,2H3. The van der Waals surface area contributed by atoms with E-state index in [-0.39, 0.29) is 12.5 Å². The van der Waals surface area contributed by atoms with Crippen molar-refractivity contribution in [2.45, 2.75) is 38.4 Å². The highest BCUT2D eigenvalue weighted by Crippen LogP contribution is 2.22. The van der Waals surface area contributed by atoms with E-state index < -0.39 is 12.6 Å². The molecule has 0 spiro atoms. The zero-order valence-electron chi connectivity index (χ0n) is 7.62. The largest absolute Gasteiger partial charge is 0.389 e. The molecule has 0 radical (unpaired) electrons. The van der Waals surface area contributed by atoms with Crippen molar-refractivity contribution in [2.24, 2.45) is 0 Å². The van der Waals surface area contributed by atoms with E-state index in [1.54, 1.807) is 0 Å². The molecule has 1 N–H and O–H groups in total. The Kier molecular flexibility index (Phi) is 5.56. The molecule has 4 heteroatoms. The van der Waals surface area contributed by atoms with Crippen molar-refractivity contribution < 1.29 is 13.2 Å². The Bertz CT molecular complexity index is 169. The summed E-state index contributed by atoms with van der Waals surface area (Å²) in [7, 11) is 0. The molecular weight excluding hydrogens is 179 g/mol. The summed E-state index contributed by atoms with van der Waals surface area (Å²) >= 11 is 0. The van der Waals surface area contributed by atoms with Crippen molar-refractivity contribution in [1.82, 2.24) is 5.32 Å². The molecule has 0 aromatic carbocycles. The smallest absolute Gasteiger partial charge is 0.304 e. The molecule has 0 rings (SSSR count). The molecule has 0 heterocycles. The first-order chi connectivity index (χ1) is 5.95. The van der Waals surface area contributed by atoms with Crippen molar-refractivity contribution in [1.29, 1.82) is 0 Å². The van der Waals surface area contributed by atoms with E-state index in [1.807, 2.05) is 6.92 Å². The van der Waals surface area contributed by atoms with Crippen LogP contribution in [0.4, 0.5) is 13.2 Å². The van der Waals surface area contributed by atoms with E-state index >= 15 is 0 Å². The molecule has 0 aliphatic carbocycles. The number of nitrogens with one attached hydrogen (secondary N) is 1. The molecule has 1 unspecified atom stereocenters. The average Bonchev–Trinajstić information content (AvgIpc) is 1.98. The van der Waals surface area contributed by atoms with Crippen LogP contribution < -0.4 is 5.32 Å². The Morgan fingerprint density at radius 3 is 2.54 bits per heavy atom. The monoisotopic (exact) mass is 193 g/mol. The molecule has 1 nitrogen and oxygen atoms in total. The lowest BCUT2D eigenvalue weighted by molar-refractivity contribution is -0.135. The number of hydrogen-bond donors (Lipinski definition) is 1. The number of rotatable bonds is 5. The topological polar surface area (TPSA) is 12.0 Å². The number of alkyl halides is 3. The minimum atomic E-state index is -4.04. The predicted molar refractivity (Wildman–Crippen MR) is 46.2 cm³/mol. The van der Waals surface area contributed by atoms with Crippen molar-refractivity contribution >= 4 is 0 Å².